The van der Waals surface area contributed by atoms with Crippen LogP contribution in [0.15, 0.2) is 30.7 Å². The number of nitrogens with zero attached hydrogens (tertiary/aromatic N) is 4. The van der Waals surface area contributed by atoms with Crippen LogP contribution >= 0.6 is 0 Å². The summed E-state index contributed by atoms with van der Waals surface area (Å²) in [5, 5.41) is 18.5. The Hall–Kier alpha value is -3.47. The van der Waals surface area contributed by atoms with Crippen LogP contribution in [0.2, 0.25) is 0 Å². The number of hydrogen-bond acceptors (Lipinski definition) is 7. The Balaban J connectivity index is 0.000000317. The van der Waals surface area contributed by atoms with Crippen LogP contribution in [-0.2, 0) is 27.9 Å². The second-order valence-electron chi connectivity index (χ2n) is 8.60. The van der Waals surface area contributed by atoms with Gasteiger partial charge in [-0.2, -0.15) is 31.4 Å². The van der Waals surface area contributed by atoms with E-state index in [1.54, 1.807) is 12.3 Å². The zero-order valence-electron chi connectivity index (χ0n) is 20.4. The minimum atomic E-state index is -5.08. The summed E-state index contributed by atoms with van der Waals surface area (Å²) >= 11 is 0. The van der Waals surface area contributed by atoms with Crippen molar-refractivity contribution in [2.45, 2.75) is 37.3 Å². The lowest BCUT2D eigenvalue weighted by Gasteiger charge is -2.50. The maximum atomic E-state index is 13.6. The van der Waals surface area contributed by atoms with E-state index < -0.39 is 30.1 Å². The van der Waals surface area contributed by atoms with Gasteiger partial charge in [0.15, 0.2) is 5.82 Å². The van der Waals surface area contributed by atoms with Gasteiger partial charge in [0.1, 0.15) is 0 Å². The predicted octanol–water partition coefficient (Wildman–Crippen LogP) is 3.28. The van der Waals surface area contributed by atoms with Gasteiger partial charge in [-0.3, -0.25) is 9.58 Å². The van der Waals surface area contributed by atoms with E-state index in [0.717, 1.165) is 39.1 Å². The predicted molar refractivity (Wildman–Crippen MR) is 117 cm³/mol. The molecular formula is C22H25F7N4O6. The van der Waals surface area contributed by atoms with Crippen LogP contribution in [0.5, 0.6) is 5.88 Å². The van der Waals surface area contributed by atoms with Crippen LogP contribution in [0.3, 0.4) is 0 Å². The molecule has 0 aromatic carbocycles. The van der Waals surface area contributed by atoms with Crippen molar-refractivity contribution in [2.75, 3.05) is 26.3 Å². The average Bonchev–Trinajstić information content (AvgIpc) is 3.41. The molecule has 0 saturated carbocycles. The Morgan fingerprint density at radius 3 is 2.23 bits per heavy atom. The van der Waals surface area contributed by atoms with E-state index in [1.807, 2.05) is 24.1 Å². The van der Waals surface area contributed by atoms with E-state index in [9.17, 15) is 30.7 Å². The summed E-state index contributed by atoms with van der Waals surface area (Å²) in [6.45, 7) is 4.03. The quantitative estimate of drug-likeness (QED) is 0.500. The molecule has 218 valence electrons. The summed E-state index contributed by atoms with van der Waals surface area (Å²) in [7, 11) is 1.93. The number of halogens is 7. The molecule has 2 aromatic rings. The molecule has 0 bridgehead atoms. The van der Waals surface area contributed by atoms with Gasteiger partial charge in [0.05, 0.1) is 18.4 Å². The zero-order chi connectivity index (χ0) is 29.4. The van der Waals surface area contributed by atoms with Crippen molar-refractivity contribution in [1.29, 1.82) is 0 Å². The molecule has 17 heteroatoms. The van der Waals surface area contributed by atoms with Crippen molar-refractivity contribution in [3.05, 3.63) is 42.1 Å². The van der Waals surface area contributed by atoms with Gasteiger partial charge in [-0.05, 0) is 30.9 Å². The molecule has 0 amide bonds. The molecule has 10 nitrogen and oxygen atoms in total. The Kier molecular flexibility index (Phi) is 10.6. The van der Waals surface area contributed by atoms with Gasteiger partial charge < -0.3 is 19.7 Å². The summed E-state index contributed by atoms with van der Waals surface area (Å²) in [4.78, 5) is 24.1. The van der Waals surface area contributed by atoms with Crippen molar-refractivity contribution in [1.82, 2.24) is 19.7 Å². The van der Waals surface area contributed by atoms with Gasteiger partial charge in [-0.15, -0.1) is 0 Å². The summed E-state index contributed by atoms with van der Waals surface area (Å²) in [6.07, 6.45) is -2.77. The highest BCUT2D eigenvalue weighted by Gasteiger charge is 2.52. The van der Waals surface area contributed by atoms with Crippen LogP contribution in [0.1, 0.15) is 18.4 Å². The summed E-state index contributed by atoms with van der Waals surface area (Å²) < 4.78 is 90.5. The number of carboxylic acid groups (broad SMARTS) is 2. The van der Waals surface area contributed by atoms with E-state index in [1.165, 1.54) is 11.6 Å². The number of carboxylic acids is 2. The van der Waals surface area contributed by atoms with Crippen LogP contribution in [0.25, 0.3) is 0 Å². The average molecular weight is 574 g/mol. The number of likely N-dealkylation sites (tertiary alicyclic amines) is 1. The first-order valence-corrected chi connectivity index (χ1v) is 11.2. The smallest absolute Gasteiger partial charge is 0.476 e. The third-order valence-corrected chi connectivity index (χ3v) is 5.66. The van der Waals surface area contributed by atoms with Crippen molar-refractivity contribution in [3.8, 4) is 5.88 Å². The molecule has 2 saturated heterocycles. The lowest BCUT2D eigenvalue weighted by molar-refractivity contribution is -0.193. The molecular weight excluding hydrogens is 549 g/mol. The number of pyridine rings is 1. The van der Waals surface area contributed by atoms with Gasteiger partial charge in [0.25, 0.3) is 0 Å². The SMILES string of the molecule is Cn1cc(CN2CC3(C2)OCCC3CCOc2ncccc2F)cn1.O=C(O)C(F)(F)F.O=C(O)C(F)(F)F. The van der Waals surface area contributed by atoms with E-state index in [2.05, 4.69) is 15.0 Å². The van der Waals surface area contributed by atoms with E-state index in [4.69, 9.17) is 29.3 Å². The number of alkyl halides is 6. The third-order valence-electron chi connectivity index (χ3n) is 5.66. The number of aliphatic carboxylic acids is 2. The minimum absolute atomic E-state index is 0.0613. The maximum Gasteiger partial charge on any atom is 0.490 e. The third kappa shape index (κ3) is 9.65. The molecule has 2 fully saturated rings. The number of carbonyl (C=O) groups is 2. The van der Waals surface area contributed by atoms with Crippen molar-refractivity contribution < 1.29 is 60.0 Å². The van der Waals surface area contributed by atoms with Crippen LogP contribution in [-0.4, -0.2) is 86.1 Å². The minimum Gasteiger partial charge on any atom is -0.476 e. The Bertz CT molecular complexity index is 1080. The van der Waals surface area contributed by atoms with E-state index in [0.29, 0.717) is 12.5 Å². The highest BCUT2D eigenvalue weighted by atomic mass is 19.4. The Morgan fingerprint density at radius 1 is 1.15 bits per heavy atom. The first-order valence-electron chi connectivity index (χ1n) is 11.2. The van der Waals surface area contributed by atoms with E-state index in [-0.39, 0.29) is 11.5 Å². The van der Waals surface area contributed by atoms with E-state index >= 15 is 0 Å². The Morgan fingerprint density at radius 2 is 1.74 bits per heavy atom. The monoisotopic (exact) mass is 574 g/mol. The molecule has 4 heterocycles. The number of ether oxygens (including phenoxy) is 2. The number of hydrogen-bond donors (Lipinski definition) is 2. The van der Waals surface area contributed by atoms with Gasteiger partial charge in [-0.1, -0.05) is 0 Å². The van der Waals surface area contributed by atoms with Gasteiger partial charge in [0.2, 0.25) is 5.88 Å². The molecule has 1 spiro atoms. The largest absolute Gasteiger partial charge is 0.490 e. The summed E-state index contributed by atoms with van der Waals surface area (Å²) in [5.74, 6) is -5.39. The lowest BCUT2D eigenvalue weighted by atomic mass is 9.79. The molecule has 2 aromatic heterocycles. The number of rotatable bonds is 6. The molecule has 0 radical (unpaired) electrons. The standard InChI is InChI=1S/C18H23FN4O2.2C2HF3O2/c1-22-10-14(9-21-22)11-23-12-18(13-23)15(5-8-25-18)4-7-24-17-16(19)3-2-6-20-17;2*3-2(4,5)1(6)7/h2-3,6,9-10,15H,4-5,7-8,11-13H2,1H3;2*(H,6,7). The molecule has 39 heavy (non-hydrogen) atoms. The molecule has 4 rings (SSSR count). The van der Waals surface area contributed by atoms with Crippen molar-refractivity contribution in [3.63, 3.8) is 0 Å². The van der Waals surface area contributed by atoms with Crippen LogP contribution in [0, 0.1) is 11.7 Å². The lowest BCUT2D eigenvalue weighted by Crippen LogP contribution is -2.64. The summed E-state index contributed by atoms with van der Waals surface area (Å²) in [5.41, 5.74) is 1.16. The first-order chi connectivity index (χ1) is 18.0. The topological polar surface area (TPSA) is 127 Å². The molecule has 2 aliphatic heterocycles. The number of aryl methyl sites for hydroxylation is 1. The van der Waals surface area contributed by atoms with Crippen LogP contribution in [0.4, 0.5) is 30.7 Å². The van der Waals surface area contributed by atoms with Gasteiger partial charge in [-0.25, -0.2) is 19.0 Å². The van der Waals surface area contributed by atoms with Gasteiger partial charge in [0, 0.05) is 51.2 Å². The fourth-order valence-electron chi connectivity index (χ4n) is 3.95. The van der Waals surface area contributed by atoms with Crippen LogP contribution < -0.4 is 4.74 Å². The normalized spacial score (nSPS) is 18.3. The zero-order valence-corrected chi connectivity index (χ0v) is 20.4. The molecule has 1 unspecified atom stereocenters. The summed E-state index contributed by atoms with van der Waals surface area (Å²) in [6, 6.07) is 2.93. The second kappa shape index (κ2) is 13.1. The molecule has 0 aliphatic carbocycles. The number of aromatic nitrogens is 3. The van der Waals surface area contributed by atoms with Gasteiger partial charge >= 0.3 is 24.3 Å². The van der Waals surface area contributed by atoms with Crippen molar-refractivity contribution in [2.24, 2.45) is 13.0 Å². The van der Waals surface area contributed by atoms with Crippen molar-refractivity contribution >= 4 is 11.9 Å². The molecule has 1 atom stereocenters. The Labute approximate surface area is 216 Å². The fraction of sp³-hybridized carbons (Fsp3) is 0.545. The fourth-order valence-corrected chi connectivity index (χ4v) is 3.95. The second-order valence-corrected chi connectivity index (χ2v) is 8.60. The molecule has 2 N–H and O–H groups in total. The maximum absolute atomic E-state index is 13.6. The molecule has 2 aliphatic rings. The highest BCUT2D eigenvalue weighted by Crippen LogP contribution is 2.42. The highest BCUT2D eigenvalue weighted by molar-refractivity contribution is 5.73. The first kappa shape index (κ1) is 31.7.